The van der Waals surface area contributed by atoms with E-state index in [-0.39, 0.29) is 29.3 Å². The highest BCUT2D eigenvalue weighted by molar-refractivity contribution is 5.98. The lowest BCUT2D eigenvalue weighted by Crippen LogP contribution is -2.40. The topological polar surface area (TPSA) is 150 Å². The fourth-order valence-electron chi connectivity index (χ4n) is 3.55. The van der Waals surface area contributed by atoms with E-state index in [1.165, 1.54) is 4.80 Å². The van der Waals surface area contributed by atoms with E-state index in [1.807, 2.05) is 44.2 Å². The maximum Gasteiger partial charge on any atom is 0.252 e. The van der Waals surface area contributed by atoms with Crippen LogP contribution in [0.5, 0.6) is 0 Å². The molecule has 3 aromatic heterocycles. The molecule has 2 atom stereocenters. The van der Waals surface area contributed by atoms with Gasteiger partial charge in [0.15, 0.2) is 11.6 Å². The number of nitrogens with two attached hydrogens (primary N) is 2. The van der Waals surface area contributed by atoms with Gasteiger partial charge in [0, 0.05) is 12.1 Å². The van der Waals surface area contributed by atoms with Crippen LogP contribution in [0.25, 0.3) is 5.69 Å². The highest BCUT2D eigenvalue weighted by Crippen LogP contribution is 2.26. The van der Waals surface area contributed by atoms with Crippen molar-refractivity contribution >= 4 is 23.2 Å². The first kappa shape index (κ1) is 23.8. The first-order valence-corrected chi connectivity index (χ1v) is 11.0. The van der Waals surface area contributed by atoms with Crippen LogP contribution in [0.15, 0.2) is 61.1 Å². The van der Waals surface area contributed by atoms with Gasteiger partial charge >= 0.3 is 0 Å². The fraction of sp³-hybridized carbons (Fsp3) is 0.208. The highest BCUT2D eigenvalue weighted by atomic mass is 19.1. The van der Waals surface area contributed by atoms with Gasteiger partial charge in [-0.1, -0.05) is 30.3 Å². The zero-order chi connectivity index (χ0) is 24.9. The van der Waals surface area contributed by atoms with Gasteiger partial charge in [0.1, 0.15) is 11.5 Å². The number of primary amides is 1. The predicted molar refractivity (Wildman–Crippen MR) is 131 cm³/mol. The molecule has 0 unspecified atom stereocenters. The van der Waals surface area contributed by atoms with Crippen LogP contribution < -0.4 is 22.1 Å². The minimum atomic E-state index is -0.826. The smallest absolute Gasteiger partial charge is 0.252 e. The van der Waals surface area contributed by atoms with Crippen molar-refractivity contribution in [2.75, 3.05) is 10.6 Å². The Balaban J connectivity index is 1.66. The molecule has 0 saturated carbocycles. The fourth-order valence-corrected chi connectivity index (χ4v) is 3.55. The van der Waals surface area contributed by atoms with Crippen molar-refractivity contribution in [2.45, 2.75) is 32.4 Å². The van der Waals surface area contributed by atoms with Gasteiger partial charge in [0.2, 0.25) is 0 Å². The van der Waals surface area contributed by atoms with Gasteiger partial charge < -0.3 is 22.1 Å². The molecule has 35 heavy (non-hydrogen) atoms. The normalized spacial score (nSPS) is 12.7. The zero-order valence-electron chi connectivity index (χ0n) is 19.3. The Labute approximate surface area is 201 Å². The molecule has 6 N–H and O–H groups in total. The number of aryl methyl sites for hydroxylation is 1. The molecule has 4 rings (SSSR count). The lowest BCUT2D eigenvalue weighted by Gasteiger charge is -2.24. The molecule has 0 aliphatic rings. The van der Waals surface area contributed by atoms with Crippen molar-refractivity contribution in [2.24, 2.45) is 11.5 Å². The lowest BCUT2D eigenvalue weighted by molar-refractivity contribution is 0.100. The number of pyridine rings is 2. The molecular weight excluding hydrogens is 449 g/mol. The molecular formula is C24H26FN9O. The molecule has 4 aromatic rings. The van der Waals surface area contributed by atoms with Crippen LogP contribution in [0.1, 0.15) is 28.5 Å². The average molecular weight is 476 g/mol. The zero-order valence-corrected chi connectivity index (χ0v) is 19.3. The summed E-state index contributed by atoms with van der Waals surface area (Å²) in [6, 6.07) is 11.9. The van der Waals surface area contributed by atoms with Crippen molar-refractivity contribution in [3.63, 3.8) is 0 Å². The van der Waals surface area contributed by atoms with Crippen LogP contribution in [0.3, 0.4) is 0 Å². The molecule has 1 amide bonds. The van der Waals surface area contributed by atoms with Gasteiger partial charge in [-0.2, -0.15) is 10.2 Å². The molecule has 180 valence electrons. The van der Waals surface area contributed by atoms with E-state index in [4.69, 9.17) is 11.5 Å². The summed E-state index contributed by atoms with van der Waals surface area (Å²) < 4.78 is 15.0. The van der Waals surface area contributed by atoms with E-state index < -0.39 is 11.7 Å². The molecule has 1 aromatic carbocycles. The summed E-state index contributed by atoms with van der Waals surface area (Å²) in [6.07, 6.45) is 5.22. The van der Waals surface area contributed by atoms with Gasteiger partial charge in [-0.3, -0.25) is 9.78 Å². The van der Waals surface area contributed by atoms with Crippen LogP contribution in [0.2, 0.25) is 0 Å². The van der Waals surface area contributed by atoms with Crippen molar-refractivity contribution in [3.8, 4) is 5.69 Å². The molecule has 0 saturated heterocycles. The van der Waals surface area contributed by atoms with Crippen LogP contribution in [0, 0.1) is 12.7 Å². The molecule has 0 radical (unpaired) electrons. The summed E-state index contributed by atoms with van der Waals surface area (Å²) in [6.45, 7) is 3.65. The number of carbonyl (C=O) groups excluding carboxylic acids is 1. The van der Waals surface area contributed by atoms with E-state index in [2.05, 4.69) is 30.8 Å². The maximum absolute atomic E-state index is 15.0. The highest BCUT2D eigenvalue weighted by Gasteiger charge is 2.21. The lowest BCUT2D eigenvalue weighted by atomic mass is 10.0. The number of hydrogen-bond acceptors (Lipinski definition) is 8. The predicted octanol–water partition coefficient (Wildman–Crippen LogP) is 2.72. The molecule has 3 heterocycles. The Kier molecular flexibility index (Phi) is 6.97. The second-order valence-corrected chi connectivity index (χ2v) is 8.15. The van der Waals surface area contributed by atoms with E-state index >= 15 is 0 Å². The number of nitrogens with one attached hydrogen (secondary N) is 2. The van der Waals surface area contributed by atoms with Crippen molar-refractivity contribution in [3.05, 3.63) is 83.7 Å². The van der Waals surface area contributed by atoms with Crippen LogP contribution in [0.4, 0.5) is 21.7 Å². The van der Waals surface area contributed by atoms with Crippen LogP contribution in [-0.2, 0) is 6.42 Å². The Morgan fingerprint density at radius 2 is 1.86 bits per heavy atom. The number of halogens is 1. The monoisotopic (exact) mass is 475 g/mol. The van der Waals surface area contributed by atoms with E-state index in [1.54, 1.807) is 24.7 Å². The van der Waals surface area contributed by atoms with E-state index in [9.17, 15) is 9.18 Å². The summed E-state index contributed by atoms with van der Waals surface area (Å²) in [4.78, 5) is 22.2. The molecule has 0 fully saturated rings. The second kappa shape index (κ2) is 10.3. The first-order chi connectivity index (χ1) is 16.8. The number of aromatic nitrogens is 5. The van der Waals surface area contributed by atoms with Crippen molar-refractivity contribution in [1.29, 1.82) is 0 Å². The Bertz CT molecular complexity index is 1310. The third-order valence-electron chi connectivity index (χ3n) is 5.45. The Morgan fingerprint density at radius 3 is 2.51 bits per heavy atom. The molecule has 11 heteroatoms. The van der Waals surface area contributed by atoms with Crippen LogP contribution in [-0.4, -0.2) is 43.0 Å². The molecule has 10 nitrogen and oxygen atoms in total. The van der Waals surface area contributed by atoms with E-state index in [0.717, 1.165) is 11.6 Å². The van der Waals surface area contributed by atoms with Gasteiger partial charge in [0.05, 0.1) is 35.5 Å². The molecule has 0 bridgehead atoms. The third kappa shape index (κ3) is 5.58. The van der Waals surface area contributed by atoms with Gasteiger partial charge in [-0.05, 0) is 38.0 Å². The Hall–Kier alpha value is -4.38. The minimum Gasteiger partial charge on any atom is -0.365 e. The minimum absolute atomic E-state index is 0.0511. The third-order valence-corrected chi connectivity index (χ3v) is 5.45. The molecule has 0 aliphatic heterocycles. The number of carbonyl (C=O) groups is 1. The van der Waals surface area contributed by atoms with Crippen molar-refractivity contribution < 1.29 is 9.18 Å². The van der Waals surface area contributed by atoms with Gasteiger partial charge in [-0.15, -0.1) is 4.80 Å². The first-order valence-electron chi connectivity index (χ1n) is 11.0. The number of anilines is 3. The summed E-state index contributed by atoms with van der Waals surface area (Å²) >= 11 is 0. The summed E-state index contributed by atoms with van der Waals surface area (Å²) in [5.41, 5.74) is 14.4. The Morgan fingerprint density at radius 1 is 1.14 bits per heavy atom. The van der Waals surface area contributed by atoms with E-state index in [0.29, 0.717) is 23.5 Å². The SMILES string of the molecule is Cc1ncc(Nc2nc(N[C@H](Cc3ccccc3)[C@H](C)N)c(F)cc2C(N)=O)cc1-n1nccn1. The quantitative estimate of drug-likeness (QED) is 0.289. The summed E-state index contributed by atoms with van der Waals surface area (Å²) in [7, 11) is 0. The van der Waals surface area contributed by atoms with Crippen LogP contribution >= 0.6 is 0 Å². The van der Waals surface area contributed by atoms with Gasteiger partial charge in [0.25, 0.3) is 5.91 Å². The number of hydrogen-bond donors (Lipinski definition) is 4. The average Bonchev–Trinajstić information content (AvgIpc) is 3.37. The van der Waals surface area contributed by atoms with Gasteiger partial charge in [-0.25, -0.2) is 9.37 Å². The number of benzene rings is 1. The largest absolute Gasteiger partial charge is 0.365 e. The molecule has 0 aliphatic carbocycles. The summed E-state index contributed by atoms with van der Waals surface area (Å²) in [5.74, 6) is -1.52. The molecule has 0 spiro atoms. The number of amides is 1. The maximum atomic E-state index is 15.0. The number of rotatable bonds is 9. The standard InChI is InChI=1S/C24H26FN9O/c1-14(26)20(10-16-6-4-3-5-7-16)32-24-19(25)12-18(22(27)35)23(33-24)31-17-11-21(15(2)28-13-17)34-29-8-9-30-34/h3-9,11-14,20H,10,26H2,1-2H3,(H2,27,35)(H2,31,32,33)/t14-,20+/m0/s1. The summed E-state index contributed by atoms with van der Waals surface area (Å²) in [5, 5.41) is 14.4. The van der Waals surface area contributed by atoms with Crippen molar-refractivity contribution in [1.82, 2.24) is 25.0 Å². The second-order valence-electron chi connectivity index (χ2n) is 8.15. The number of nitrogens with zero attached hydrogens (tertiary/aromatic N) is 5.